The molecule has 0 aliphatic rings. The largest absolute Gasteiger partial charge is 0.495 e. The van der Waals surface area contributed by atoms with Crippen molar-refractivity contribution < 1.29 is 13.2 Å². The van der Waals surface area contributed by atoms with E-state index in [0.717, 1.165) is 0 Å². The number of rotatable bonds is 6. The zero-order valence-electron chi connectivity index (χ0n) is 9.24. The number of hydrogen-bond donors (Lipinski definition) is 1. The van der Waals surface area contributed by atoms with E-state index in [-0.39, 0.29) is 5.75 Å². The first-order chi connectivity index (χ1) is 7.98. The molecule has 17 heavy (non-hydrogen) atoms. The van der Waals surface area contributed by atoms with E-state index < -0.39 is 10.0 Å². The van der Waals surface area contributed by atoms with Gasteiger partial charge in [-0.15, -0.1) is 11.6 Å². The van der Waals surface area contributed by atoms with Gasteiger partial charge in [-0.1, -0.05) is 11.6 Å². The lowest BCUT2D eigenvalue weighted by molar-refractivity contribution is 0.415. The molecule has 0 saturated carbocycles. The lowest BCUT2D eigenvalue weighted by Gasteiger charge is -2.09. The first-order valence-electron chi connectivity index (χ1n) is 4.88. The van der Waals surface area contributed by atoms with Crippen molar-refractivity contribution >= 4 is 38.9 Å². The standard InChI is InChI=1S/C10H13Cl2NO3S/c1-16-10-7-8(3-4-9(10)12)13-17(14,15)6-2-5-11/h3-4,7,13H,2,5-6H2,1H3. The van der Waals surface area contributed by atoms with Crippen molar-refractivity contribution in [2.24, 2.45) is 0 Å². The highest BCUT2D eigenvalue weighted by atomic mass is 35.5. The number of alkyl halides is 1. The quantitative estimate of drug-likeness (QED) is 0.822. The Hall–Kier alpha value is -0.650. The molecule has 0 unspecified atom stereocenters. The van der Waals surface area contributed by atoms with Gasteiger partial charge in [0.1, 0.15) is 5.75 Å². The molecule has 0 amide bonds. The van der Waals surface area contributed by atoms with Crippen molar-refractivity contribution in [2.75, 3.05) is 23.5 Å². The van der Waals surface area contributed by atoms with Crippen LogP contribution < -0.4 is 9.46 Å². The molecule has 0 bridgehead atoms. The monoisotopic (exact) mass is 297 g/mol. The van der Waals surface area contributed by atoms with Crippen LogP contribution in [0.4, 0.5) is 5.69 Å². The first-order valence-corrected chi connectivity index (χ1v) is 7.45. The average molecular weight is 298 g/mol. The van der Waals surface area contributed by atoms with Crippen molar-refractivity contribution in [3.63, 3.8) is 0 Å². The second kappa shape index (κ2) is 6.33. The number of ether oxygens (including phenoxy) is 1. The van der Waals surface area contributed by atoms with Gasteiger partial charge in [0.15, 0.2) is 0 Å². The number of nitrogens with one attached hydrogen (secondary N) is 1. The van der Waals surface area contributed by atoms with Crippen molar-refractivity contribution in [2.45, 2.75) is 6.42 Å². The van der Waals surface area contributed by atoms with Gasteiger partial charge in [0.05, 0.1) is 23.6 Å². The SMILES string of the molecule is COc1cc(NS(=O)(=O)CCCCl)ccc1Cl. The van der Waals surface area contributed by atoms with Crippen LogP contribution in [0.1, 0.15) is 6.42 Å². The van der Waals surface area contributed by atoms with Crippen LogP contribution in [0.25, 0.3) is 0 Å². The summed E-state index contributed by atoms with van der Waals surface area (Å²) in [5.74, 6) is 0.718. The molecule has 0 aliphatic carbocycles. The summed E-state index contributed by atoms with van der Waals surface area (Å²) in [6.07, 6.45) is 0.404. The van der Waals surface area contributed by atoms with E-state index in [2.05, 4.69) is 4.72 Å². The van der Waals surface area contributed by atoms with Crippen LogP contribution in [0.3, 0.4) is 0 Å². The molecule has 1 rings (SSSR count). The van der Waals surface area contributed by atoms with Crippen LogP contribution in [-0.4, -0.2) is 27.2 Å². The fourth-order valence-electron chi connectivity index (χ4n) is 1.20. The van der Waals surface area contributed by atoms with Crippen LogP contribution in [-0.2, 0) is 10.0 Å². The maximum atomic E-state index is 11.6. The summed E-state index contributed by atoms with van der Waals surface area (Å²) in [6.45, 7) is 0. The van der Waals surface area contributed by atoms with Crippen molar-refractivity contribution in [1.29, 1.82) is 0 Å². The first kappa shape index (κ1) is 14.4. The number of hydrogen-bond acceptors (Lipinski definition) is 3. The summed E-state index contributed by atoms with van der Waals surface area (Å²) in [6, 6.07) is 4.67. The third-order valence-electron chi connectivity index (χ3n) is 1.97. The Morgan fingerprint density at radius 3 is 2.71 bits per heavy atom. The molecule has 0 radical (unpaired) electrons. The normalized spacial score (nSPS) is 11.2. The maximum absolute atomic E-state index is 11.6. The molecule has 0 aromatic heterocycles. The van der Waals surface area contributed by atoms with Gasteiger partial charge in [0, 0.05) is 11.9 Å². The summed E-state index contributed by atoms with van der Waals surface area (Å²) < 4.78 is 30.6. The Balaban J connectivity index is 2.81. The lowest BCUT2D eigenvalue weighted by atomic mass is 10.3. The minimum atomic E-state index is -3.37. The van der Waals surface area contributed by atoms with E-state index in [4.69, 9.17) is 27.9 Å². The summed E-state index contributed by atoms with van der Waals surface area (Å²) >= 11 is 11.3. The van der Waals surface area contributed by atoms with Gasteiger partial charge in [-0.2, -0.15) is 0 Å². The fraction of sp³-hybridized carbons (Fsp3) is 0.400. The molecule has 0 heterocycles. The van der Waals surface area contributed by atoms with Gasteiger partial charge in [0.2, 0.25) is 10.0 Å². The summed E-state index contributed by atoms with van der Waals surface area (Å²) in [5, 5.41) is 0.427. The van der Waals surface area contributed by atoms with Crippen LogP contribution in [0.2, 0.25) is 5.02 Å². The van der Waals surface area contributed by atoms with Gasteiger partial charge in [-0.3, -0.25) is 4.72 Å². The van der Waals surface area contributed by atoms with E-state index >= 15 is 0 Å². The summed E-state index contributed by atoms with van der Waals surface area (Å²) in [5.41, 5.74) is 0.417. The predicted octanol–water partition coefficient (Wildman–Crippen LogP) is 2.72. The molecule has 0 atom stereocenters. The van der Waals surface area contributed by atoms with Gasteiger partial charge in [0.25, 0.3) is 0 Å². The van der Waals surface area contributed by atoms with Crippen LogP contribution in [0.15, 0.2) is 18.2 Å². The minimum absolute atomic E-state index is 0.0125. The third kappa shape index (κ3) is 4.61. The number of halogens is 2. The molecule has 0 fully saturated rings. The van der Waals surface area contributed by atoms with E-state index in [1.165, 1.54) is 13.2 Å². The molecular weight excluding hydrogens is 285 g/mol. The number of anilines is 1. The second-order valence-corrected chi connectivity index (χ2v) is 5.94. The van der Waals surface area contributed by atoms with Crippen LogP contribution in [0.5, 0.6) is 5.75 Å². The Bertz CT molecular complexity index is 476. The molecule has 1 aromatic carbocycles. The highest BCUT2D eigenvalue weighted by Crippen LogP contribution is 2.27. The molecule has 7 heteroatoms. The number of benzene rings is 1. The molecule has 4 nitrogen and oxygen atoms in total. The van der Waals surface area contributed by atoms with Gasteiger partial charge >= 0.3 is 0 Å². The van der Waals surface area contributed by atoms with Gasteiger partial charge in [-0.05, 0) is 18.6 Å². The number of sulfonamides is 1. The van der Waals surface area contributed by atoms with Gasteiger partial charge < -0.3 is 4.74 Å². The molecule has 1 aromatic rings. The number of methoxy groups -OCH3 is 1. The second-order valence-electron chi connectivity index (χ2n) is 3.31. The molecular formula is C10H13Cl2NO3S. The predicted molar refractivity (Wildman–Crippen MR) is 70.8 cm³/mol. The highest BCUT2D eigenvalue weighted by Gasteiger charge is 2.11. The maximum Gasteiger partial charge on any atom is 0.232 e. The Morgan fingerprint density at radius 2 is 2.12 bits per heavy atom. The Labute approximate surface area is 111 Å². The van der Waals surface area contributed by atoms with E-state index in [1.807, 2.05) is 0 Å². The third-order valence-corrected chi connectivity index (χ3v) is 3.92. The lowest BCUT2D eigenvalue weighted by Crippen LogP contribution is -2.16. The average Bonchev–Trinajstić information content (AvgIpc) is 2.29. The van der Waals surface area contributed by atoms with E-state index in [1.54, 1.807) is 12.1 Å². The summed E-state index contributed by atoms with van der Waals surface area (Å²) in [7, 11) is -1.90. The van der Waals surface area contributed by atoms with Crippen molar-refractivity contribution in [1.82, 2.24) is 0 Å². The van der Waals surface area contributed by atoms with E-state index in [0.29, 0.717) is 28.8 Å². The minimum Gasteiger partial charge on any atom is -0.495 e. The molecule has 0 aliphatic heterocycles. The Kier molecular flexibility index (Phi) is 5.36. The van der Waals surface area contributed by atoms with Crippen molar-refractivity contribution in [3.05, 3.63) is 23.2 Å². The smallest absolute Gasteiger partial charge is 0.232 e. The van der Waals surface area contributed by atoms with Crippen LogP contribution >= 0.6 is 23.2 Å². The molecule has 0 saturated heterocycles. The zero-order valence-corrected chi connectivity index (χ0v) is 11.6. The van der Waals surface area contributed by atoms with Gasteiger partial charge in [-0.25, -0.2) is 8.42 Å². The Morgan fingerprint density at radius 1 is 1.41 bits per heavy atom. The summed E-state index contributed by atoms with van der Waals surface area (Å²) in [4.78, 5) is 0. The topological polar surface area (TPSA) is 55.4 Å². The van der Waals surface area contributed by atoms with Crippen LogP contribution in [0, 0.1) is 0 Å². The molecule has 0 spiro atoms. The fourth-order valence-corrected chi connectivity index (χ4v) is 2.80. The van der Waals surface area contributed by atoms with Crippen molar-refractivity contribution in [3.8, 4) is 5.75 Å². The zero-order chi connectivity index (χ0) is 12.9. The van der Waals surface area contributed by atoms with E-state index in [9.17, 15) is 8.42 Å². The highest BCUT2D eigenvalue weighted by molar-refractivity contribution is 7.92. The molecule has 1 N–H and O–H groups in total. The molecule has 96 valence electrons.